The van der Waals surface area contributed by atoms with Crippen LogP contribution in [0.15, 0.2) is 6.07 Å². The molecule has 1 aliphatic rings. The minimum atomic E-state index is 0.788. The zero-order valence-electron chi connectivity index (χ0n) is 11.7. The summed E-state index contributed by atoms with van der Waals surface area (Å²) in [6, 6.07) is 2.22. The summed E-state index contributed by atoms with van der Waals surface area (Å²) in [6.07, 6.45) is 8.52. The van der Waals surface area contributed by atoms with Crippen LogP contribution in [0.1, 0.15) is 47.9 Å². The molecule has 1 aromatic carbocycles. The molecule has 0 bridgehead atoms. The van der Waals surface area contributed by atoms with Gasteiger partial charge in [-0.15, -0.1) is 0 Å². The molecule has 2 heteroatoms. The van der Waals surface area contributed by atoms with Gasteiger partial charge < -0.3 is 10.5 Å². The second-order valence-electron chi connectivity index (χ2n) is 5.28. The first-order valence-corrected chi connectivity index (χ1v) is 7.16. The largest absolute Gasteiger partial charge is 0.496 e. The highest BCUT2D eigenvalue weighted by atomic mass is 16.5. The predicted molar refractivity (Wildman–Crippen MR) is 76.4 cm³/mol. The Morgan fingerprint density at radius 3 is 2.56 bits per heavy atom. The summed E-state index contributed by atoms with van der Waals surface area (Å²) in [4.78, 5) is 0. The Hall–Kier alpha value is -1.02. The van der Waals surface area contributed by atoms with E-state index in [9.17, 15) is 0 Å². The SMILES string of the molecule is COc1cc(C)c2c(c1CCCCN)CCCC2. The van der Waals surface area contributed by atoms with Crippen LogP contribution in [0.3, 0.4) is 0 Å². The Kier molecular flexibility index (Phi) is 4.65. The van der Waals surface area contributed by atoms with Gasteiger partial charge >= 0.3 is 0 Å². The lowest BCUT2D eigenvalue weighted by molar-refractivity contribution is 0.406. The molecule has 1 aliphatic carbocycles. The number of rotatable bonds is 5. The van der Waals surface area contributed by atoms with E-state index in [1.807, 2.05) is 0 Å². The zero-order chi connectivity index (χ0) is 13.0. The molecule has 0 spiro atoms. The standard InChI is InChI=1S/C16H25NO/c1-12-11-16(18-2)15(9-5-6-10-17)14-8-4-3-7-13(12)14/h11H,3-10,17H2,1-2H3. The van der Waals surface area contributed by atoms with Crippen LogP contribution >= 0.6 is 0 Å². The lowest BCUT2D eigenvalue weighted by Gasteiger charge is -2.24. The molecule has 1 aromatic rings. The van der Waals surface area contributed by atoms with Crippen LogP contribution in [0.25, 0.3) is 0 Å². The average molecular weight is 247 g/mol. The van der Waals surface area contributed by atoms with E-state index in [-0.39, 0.29) is 0 Å². The molecule has 0 radical (unpaired) electrons. The summed E-state index contributed by atoms with van der Waals surface area (Å²) >= 11 is 0. The van der Waals surface area contributed by atoms with Crippen molar-refractivity contribution >= 4 is 0 Å². The van der Waals surface area contributed by atoms with Gasteiger partial charge in [-0.2, -0.15) is 0 Å². The number of benzene rings is 1. The zero-order valence-corrected chi connectivity index (χ0v) is 11.7. The number of fused-ring (bicyclic) bond motifs is 1. The maximum absolute atomic E-state index is 5.59. The molecular weight excluding hydrogens is 222 g/mol. The molecule has 18 heavy (non-hydrogen) atoms. The summed E-state index contributed by atoms with van der Waals surface area (Å²) in [5, 5.41) is 0. The van der Waals surface area contributed by atoms with E-state index < -0.39 is 0 Å². The molecule has 2 nitrogen and oxygen atoms in total. The number of ether oxygens (including phenoxy) is 1. The third-order valence-electron chi connectivity index (χ3n) is 4.05. The third-order valence-corrected chi connectivity index (χ3v) is 4.05. The van der Waals surface area contributed by atoms with Crippen molar-refractivity contribution < 1.29 is 4.74 Å². The number of hydrogen-bond donors (Lipinski definition) is 1. The van der Waals surface area contributed by atoms with Crippen molar-refractivity contribution in [3.05, 3.63) is 28.3 Å². The molecule has 0 amide bonds. The molecule has 0 unspecified atom stereocenters. The highest BCUT2D eigenvalue weighted by molar-refractivity contribution is 5.50. The lowest BCUT2D eigenvalue weighted by Crippen LogP contribution is -2.11. The van der Waals surface area contributed by atoms with Crippen LogP contribution in [0.4, 0.5) is 0 Å². The molecule has 0 aliphatic heterocycles. The smallest absolute Gasteiger partial charge is 0.122 e. The van der Waals surface area contributed by atoms with Gasteiger partial charge in [0.2, 0.25) is 0 Å². The van der Waals surface area contributed by atoms with Crippen molar-refractivity contribution in [2.45, 2.75) is 51.9 Å². The van der Waals surface area contributed by atoms with Crippen LogP contribution in [0.5, 0.6) is 5.75 Å². The van der Waals surface area contributed by atoms with Gasteiger partial charge in [-0.1, -0.05) is 0 Å². The van der Waals surface area contributed by atoms with Crippen LogP contribution in [0.2, 0.25) is 0 Å². The monoisotopic (exact) mass is 247 g/mol. The Balaban J connectivity index is 2.34. The van der Waals surface area contributed by atoms with E-state index in [0.717, 1.165) is 25.1 Å². The Morgan fingerprint density at radius 1 is 1.17 bits per heavy atom. The minimum Gasteiger partial charge on any atom is -0.496 e. The molecule has 2 N–H and O–H groups in total. The molecule has 100 valence electrons. The van der Waals surface area contributed by atoms with Gasteiger partial charge in [0.25, 0.3) is 0 Å². The highest BCUT2D eigenvalue weighted by Gasteiger charge is 2.19. The molecule has 0 aromatic heterocycles. The van der Waals surface area contributed by atoms with Crippen LogP contribution in [-0.2, 0) is 19.3 Å². The van der Waals surface area contributed by atoms with Crippen molar-refractivity contribution in [3.63, 3.8) is 0 Å². The predicted octanol–water partition coefficient (Wildman–Crippen LogP) is 3.16. The van der Waals surface area contributed by atoms with Crippen molar-refractivity contribution in [2.24, 2.45) is 5.73 Å². The van der Waals surface area contributed by atoms with Gasteiger partial charge in [0.15, 0.2) is 0 Å². The Labute approximate surface area is 111 Å². The summed E-state index contributed by atoms with van der Waals surface area (Å²) in [5.74, 6) is 1.09. The number of unbranched alkanes of at least 4 members (excludes halogenated alkanes) is 1. The average Bonchev–Trinajstić information content (AvgIpc) is 2.41. The first-order valence-electron chi connectivity index (χ1n) is 7.16. The fraction of sp³-hybridized carbons (Fsp3) is 0.625. The van der Waals surface area contributed by atoms with Crippen LogP contribution in [-0.4, -0.2) is 13.7 Å². The van der Waals surface area contributed by atoms with Crippen molar-refractivity contribution in [3.8, 4) is 5.75 Å². The first-order chi connectivity index (χ1) is 8.77. The van der Waals surface area contributed by atoms with Gasteiger partial charge in [0, 0.05) is 0 Å². The maximum Gasteiger partial charge on any atom is 0.122 e. The molecule has 0 atom stereocenters. The minimum absolute atomic E-state index is 0.788. The molecule has 0 fully saturated rings. The number of methoxy groups -OCH3 is 1. The number of hydrogen-bond acceptors (Lipinski definition) is 2. The number of nitrogens with two attached hydrogens (primary N) is 1. The van der Waals surface area contributed by atoms with Gasteiger partial charge in [-0.05, 0) is 86.7 Å². The summed E-state index contributed by atoms with van der Waals surface area (Å²) in [7, 11) is 1.79. The molecule has 0 heterocycles. The summed E-state index contributed by atoms with van der Waals surface area (Å²) < 4.78 is 5.59. The molecule has 0 saturated carbocycles. The Morgan fingerprint density at radius 2 is 1.89 bits per heavy atom. The molecule has 2 rings (SSSR count). The Bertz CT molecular complexity index is 412. The maximum atomic E-state index is 5.59. The van der Waals surface area contributed by atoms with Crippen molar-refractivity contribution in [1.82, 2.24) is 0 Å². The normalized spacial score (nSPS) is 14.4. The van der Waals surface area contributed by atoms with E-state index in [1.165, 1.54) is 43.2 Å². The van der Waals surface area contributed by atoms with Gasteiger partial charge in [0.1, 0.15) is 5.75 Å². The summed E-state index contributed by atoms with van der Waals surface area (Å²) in [5.41, 5.74) is 11.6. The van der Waals surface area contributed by atoms with E-state index >= 15 is 0 Å². The van der Waals surface area contributed by atoms with E-state index in [4.69, 9.17) is 10.5 Å². The second-order valence-corrected chi connectivity index (χ2v) is 5.28. The van der Waals surface area contributed by atoms with Crippen molar-refractivity contribution in [2.75, 3.05) is 13.7 Å². The van der Waals surface area contributed by atoms with Gasteiger partial charge in [0.05, 0.1) is 7.11 Å². The third kappa shape index (κ3) is 2.69. The van der Waals surface area contributed by atoms with Crippen LogP contribution < -0.4 is 10.5 Å². The van der Waals surface area contributed by atoms with E-state index in [0.29, 0.717) is 0 Å². The second kappa shape index (κ2) is 6.24. The van der Waals surface area contributed by atoms with E-state index in [2.05, 4.69) is 13.0 Å². The first kappa shape index (κ1) is 13.4. The van der Waals surface area contributed by atoms with E-state index in [1.54, 1.807) is 18.2 Å². The summed E-state index contributed by atoms with van der Waals surface area (Å²) in [6.45, 7) is 3.01. The number of aryl methyl sites for hydroxylation is 1. The van der Waals surface area contributed by atoms with Gasteiger partial charge in [-0.3, -0.25) is 0 Å². The van der Waals surface area contributed by atoms with Crippen molar-refractivity contribution in [1.29, 1.82) is 0 Å². The molecular formula is C16H25NO. The highest BCUT2D eigenvalue weighted by Crippen LogP contribution is 2.34. The fourth-order valence-corrected chi connectivity index (χ4v) is 3.10. The molecule has 0 saturated heterocycles. The fourth-order valence-electron chi connectivity index (χ4n) is 3.10. The van der Waals surface area contributed by atoms with Crippen LogP contribution in [0, 0.1) is 6.92 Å². The van der Waals surface area contributed by atoms with Gasteiger partial charge in [-0.25, -0.2) is 0 Å². The topological polar surface area (TPSA) is 35.2 Å². The quantitative estimate of drug-likeness (QED) is 0.811. The lowest BCUT2D eigenvalue weighted by atomic mass is 9.83.